The minimum Gasteiger partial charge on any atom is -0.398 e. The molecule has 0 aliphatic heterocycles. The van der Waals surface area contributed by atoms with Crippen molar-refractivity contribution in [2.75, 3.05) is 5.73 Å². The van der Waals surface area contributed by atoms with Crippen LogP contribution in [0.5, 0.6) is 0 Å². The van der Waals surface area contributed by atoms with Crippen LogP contribution in [0.4, 0.5) is 5.69 Å². The molecule has 0 spiro atoms. The number of aryl methyl sites for hydroxylation is 1. The van der Waals surface area contributed by atoms with Gasteiger partial charge in [-0.3, -0.25) is 9.97 Å². The molecule has 2 aromatic heterocycles. The van der Waals surface area contributed by atoms with Gasteiger partial charge >= 0.3 is 0 Å². The molecule has 3 heteroatoms. The monoisotopic (exact) mass is 213 g/mol. The van der Waals surface area contributed by atoms with Gasteiger partial charge in [0.1, 0.15) is 0 Å². The van der Waals surface area contributed by atoms with Crippen LogP contribution in [0.15, 0.2) is 36.8 Å². The maximum atomic E-state index is 5.86. The number of anilines is 1. The van der Waals surface area contributed by atoms with Crippen molar-refractivity contribution in [1.29, 1.82) is 0 Å². The number of pyridine rings is 2. The Balaban J connectivity index is 2.18. The number of nitrogens with zero attached hydrogens (tertiary/aromatic N) is 2. The summed E-state index contributed by atoms with van der Waals surface area (Å²) in [5.74, 6) is 0. The molecule has 2 heterocycles. The molecule has 0 saturated carbocycles. The van der Waals surface area contributed by atoms with Gasteiger partial charge in [-0.2, -0.15) is 0 Å². The highest BCUT2D eigenvalue weighted by Crippen LogP contribution is 2.13. The molecular weight excluding hydrogens is 198 g/mol. The average Bonchev–Trinajstić information content (AvgIpc) is 2.33. The van der Waals surface area contributed by atoms with E-state index >= 15 is 0 Å². The molecule has 3 nitrogen and oxygen atoms in total. The predicted octanol–water partition coefficient (Wildman–Crippen LogP) is 2.21. The summed E-state index contributed by atoms with van der Waals surface area (Å²) >= 11 is 0. The van der Waals surface area contributed by atoms with Gasteiger partial charge in [0.2, 0.25) is 0 Å². The molecule has 0 bridgehead atoms. The minimum absolute atomic E-state index is 0.740. The molecule has 2 N–H and O–H groups in total. The number of nitrogens with two attached hydrogens (primary N) is 1. The van der Waals surface area contributed by atoms with Gasteiger partial charge in [-0.05, 0) is 29.7 Å². The Morgan fingerprint density at radius 3 is 2.69 bits per heavy atom. The SMILES string of the molecule is CCc1ccc(Cc2cnccc2N)nc1. The summed E-state index contributed by atoms with van der Waals surface area (Å²) in [7, 11) is 0. The summed E-state index contributed by atoms with van der Waals surface area (Å²) in [6.07, 6.45) is 7.17. The lowest BCUT2D eigenvalue weighted by Crippen LogP contribution is -1.98. The van der Waals surface area contributed by atoms with Crippen LogP contribution in [0.1, 0.15) is 23.7 Å². The molecule has 0 amide bonds. The highest BCUT2D eigenvalue weighted by Gasteiger charge is 2.01. The maximum Gasteiger partial charge on any atom is 0.0448 e. The van der Waals surface area contributed by atoms with Gasteiger partial charge in [0.15, 0.2) is 0 Å². The third-order valence-electron chi connectivity index (χ3n) is 2.61. The molecule has 0 radical (unpaired) electrons. The second kappa shape index (κ2) is 4.75. The Morgan fingerprint density at radius 2 is 2.06 bits per heavy atom. The molecule has 0 fully saturated rings. The van der Waals surface area contributed by atoms with Crippen molar-refractivity contribution in [3.63, 3.8) is 0 Å². The van der Waals surface area contributed by atoms with Crippen LogP contribution in [0.2, 0.25) is 0 Å². The molecule has 0 atom stereocenters. The Morgan fingerprint density at radius 1 is 1.19 bits per heavy atom. The first-order chi connectivity index (χ1) is 7.79. The van der Waals surface area contributed by atoms with E-state index in [0.717, 1.165) is 29.8 Å². The van der Waals surface area contributed by atoms with E-state index in [2.05, 4.69) is 23.0 Å². The van der Waals surface area contributed by atoms with Crippen LogP contribution >= 0.6 is 0 Å². The third kappa shape index (κ3) is 2.37. The largest absolute Gasteiger partial charge is 0.398 e. The van der Waals surface area contributed by atoms with E-state index in [1.807, 2.05) is 18.3 Å². The van der Waals surface area contributed by atoms with E-state index in [1.54, 1.807) is 12.4 Å². The number of aromatic nitrogens is 2. The van der Waals surface area contributed by atoms with Gasteiger partial charge in [-0.1, -0.05) is 13.0 Å². The van der Waals surface area contributed by atoms with Gasteiger partial charge in [0, 0.05) is 36.4 Å². The normalized spacial score (nSPS) is 10.3. The van der Waals surface area contributed by atoms with E-state index in [1.165, 1.54) is 5.56 Å². The molecular formula is C13H15N3. The summed E-state index contributed by atoms with van der Waals surface area (Å²) < 4.78 is 0. The molecule has 0 saturated heterocycles. The molecule has 0 unspecified atom stereocenters. The summed E-state index contributed by atoms with van der Waals surface area (Å²) in [6, 6.07) is 5.97. The number of hydrogen-bond acceptors (Lipinski definition) is 3. The van der Waals surface area contributed by atoms with Crippen molar-refractivity contribution < 1.29 is 0 Å². The van der Waals surface area contributed by atoms with E-state index < -0.39 is 0 Å². The maximum absolute atomic E-state index is 5.86. The fourth-order valence-corrected chi connectivity index (χ4v) is 1.55. The quantitative estimate of drug-likeness (QED) is 0.850. The standard InChI is InChI=1S/C13H15N3/c1-2-10-3-4-12(16-8-10)7-11-9-15-6-5-13(11)14/h3-6,8-9H,2,7H2,1H3,(H2,14,15). The zero-order valence-corrected chi connectivity index (χ0v) is 9.35. The minimum atomic E-state index is 0.740. The van der Waals surface area contributed by atoms with Crippen LogP contribution in [-0.2, 0) is 12.8 Å². The van der Waals surface area contributed by atoms with Gasteiger partial charge in [0.25, 0.3) is 0 Å². The number of hydrogen-bond donors (Lipinski definition) is 1. The zero-order valence-electron chi connectivity index (χ0n) is 9.35. The summed E-state index contributed by atoms with van der Waals surface area (Å²) in [4.78, 5) is 8.47. The van der Waals surface area contributed by atoms with Crippen LogP contribution in [0.25, 0.3) is 0 Å². The number of nitrogen functional groups attached to an aromatic ring is 1. The Kier molecular flexibility index (Phi) is 3.15. The number of rotatable bonds is 3. The van der Waals surface area contributed by atoms with Gasteiger partial charge in [0.05, 0.1) is 0 Å². The summed E-state index contributed by atoms with van der Waals surface area (Å²) in [5, 5.41) is 0. The zero-order chi connectivity index (χ0) is 11.4. The molecule has 0 aliphatic rings. The Bertz CT molecular complexity index is 463. The van der Waals surface area contributed by atoms with E-state index in [9.17, 15) is 0 Å². The van der Waals surface area contributed by atoms with Gasteiger partial charge < -0.3 is 5.73 Å². The van der Waals surface area contributed by atoms with Crippen LogP contribution in [-0.4, -0.2) is 9.97 Å². The summed E-state index contributed by atoms with van der Waals surface area (Å²) in [6.45, 7) is 2.12. The van der Waals surface area contributed by atoms with Crippen molar-refractivity contribution in [2.24, 2.45) is 0 Å². The fraction of sp³-hybridized carbons (Fsp3) is 0.231. The van der Waals surface area contributed by atoms with Crippen LogP contribution < -0.4 is 5.73 Å². The van der Waals surface area contributed by atoms with Crippen molar-refractivity contribution in [1.82, 2.24) is 9.97 Å². The first kappa shape index (κ1) is 10.6. The van der Waals surface area contributed by atoms with Crippen LogP contribution in [0, 0.1) is 0 Å². The lowest BCUT2D eigenvalue weighted by atomic mass is 10.1. The highest BCUT2D eigenvalue weighted by atomic mass is 14.7. The average molecular weight is 213 g/mol. The van der Waals surface area contributed by atoms with E-state index in [-0.39, 0.29) is 0 Å². The van der Waals surface area contributed by atoms with E-state index in [4.69, 9.17) is 5.73 Å². The molecule has 2 rings (SSSR count). The molecule has 0 aromatic carbocycles. The molecule has 16 heavy (non-hydrogen) atoms. The van der Waals surface area contributed by atoms with Crippen molar-refractivity contribution >= 4 is 5.69 Å². The Hall–Kier alpha value is -1.90. The van der Waals surface area contributed by atoms with E-state index in [0.29, 0.717) is 0 Å². The van der Waals surface area contributed by atoms with Crippen molar-refractivity contribution in [3.8, 4) is 0 Å². The molecule has 0 aliphatic carbocycles. The van der Waals surface area contributed by atoms with Gasteiger partial charge in [-0.15, -0.1) is 0 Å². The van der Waals surface area contributed by atoms with Crippen molar-refractivity contribution in [2.45, 2.75) is 19.8 Å². The molecule has 82 valence electrons. The predicted molar refractivity (Wildman–Crippen MR) is 65.1 cm³/mol. The summed E-state index contributed by atoms with van der Waals surface area (Å²) in [5.41, 5.74) is 9.94. The molecule has 2 aromatic rings. The van der Waals surface area contributed by atoms with Gasteiger partial charge in [-0.25, -0.2) is 0 Å². The third-order valence-corrected chi connectivity index (χ3v) is 2.61. The first-order valence-corrected chi connectivity index (χ1v) is 5.41. The lowest BCUT2D eigenvalue weighted by Gasteiger charge is -2.04. The second-order valence-corrected chi connectivity index (χ2v) is 3.76. The van der Waals surface area contributed by atoms with Crippen molar-refractivity contribution in [3.05, 3.63) is 53.6 Å². The fourth-order valence-electron chi connectivity index (χ4n) is 1.55. The van der Waals surface area contributed by atoms with Crippen LogP contribution in [0.3, 0.4) is 0 Å². The smallest absolute Gasteiger partial charge is 0.0448 e. The lowest BCUT2D eigenvalue weighted by molar-refractivity contribution is 1.02. The second-order valence-electron chi connectivity index (χ2n) is 3.76. The Labute approximate surface area is 95.4 Å². The topological polar surface area (TPSA) is 51.8 Å². The first-order valence-electron chi connectivity index (χ1n) is 5.41. The highest BCUT2D eigenvalue weighted by molar-refractivity contribution is 5.46.